The van der Waals surface area contributed by atoms with Gasteiger partial charge in [0.1, 0.15) is 0 Å². The smallest absolute Gasteiger partial charge is 0.338 e. The van der Waals surface area contributed by atoms with E-state index < -0.39 is 30.4 Å². The van der Waals surface area contributed by atoms with Crippen LogP contribution in [0.15, 0.2) is 48.5 Å². The number of anilines is 2. The van der Waals surface area contributed by atoms with E-state index in [1.54, 1.807) is 30.3 Å². The number of Topliss-reactive ketones (excluding diaryl/α,β-unsaturated/α-hetero) is 1. The van der Waals surface area contributed by atoms with Gasteiger partial charge in [-0.2, -0.15) is 0 Å². The number of carbonyl (C=O) groups excluding carboxylic acids is 5. The Morgan fingerprint density at radius 1 is 0.794 bits per heavy atom. The van der Waals surface area contributed by atoms with E-state index in [-0.39, 0.29) is 24.5 Å². The molecular formula is C25H28N2O7. The molecule has 2 amide bonds. The topological polar surface area (TPSA) is 128 Å². The number of rotatable bonds is 11. The zero-order chi connectivity index (χ0) is 25.1. The molecule has 9 nitrogen and oxygen atoms in total. The van der Waals surface area contributed by atoms with Crippen molar-refractivity contribution in [1.29, 1.82) is 0 Å². The van der Waals surface area contributed by atoms with Crippen LogP contribution in [-0.2, 0) is 23.9 Å². The van der Waals surface area contributed by atoms with Crippen molar-refractivity contribution in [3.63, 3.8) is 0 Å². The Bertz CT molecular complexity index is 1050. The summed E-state index contributed by atoms with van der Waals surface area (Å²) in [5.41, 5.74) is 1.69. The molecule has 2 N–H and O–H groups in total. The van der Waals surface area contributed by atoms with Gasteiger partial charge in [-0.05, 0) is 49.2 Å². The third kappa shape index (κ3) is 9.23. The van der Waals surface area contributed by atoms with E-state index >= 15 is 0 Å². The number of ketones is 1. The molecule has 0 saturated heterocycles. The molecule has 180 valence electrons. The second-order valence-electron chi connectivity index (χ2n) is 7.96. The van der Waals surface area contributed by atoms with Crippen LogP contribution in [0.3, 0.4) is 0 Å². The van der Waals surface area contributed by atoms with Gasteiger partial charge in [-0.1, -0.05) is 26.0 Å². The number of nitrogens with one attached hydrogen (secondary N) is 2. The van der Waals surface area contributed by atoms with E-state index in [0.29, 0.717) is 29.1 Å². The summed E-state index contributed by atoms with van der Waals surface area (Å²) in [6, 6.07) is 12.6. The van der Waals surface area contributed by atoms with Crippen molar-refractivity contribution in [3.05, 3.63) is 59.7 Å². The predicted octanol–water partition coefficient (Wildman–Crippen LogP) is 3.60. The Balaban J connectivity index is 1.71. The Labute approximate surface area is 197 Å². The van der Waals surface area contributed by atoms with E-state index in [1.807, 2.05) is 13.8 Å². The molecule has 0 heterocycles. The van der Waals surface area contributed by atoms with Crippen LogP contribution in [0.4, 0.5) is 11.4 Å². The third-order valence-corrected chi connectivity index (χ3v) is 4.43. The van der Waals surface area contributed by atoms with Crippen molar-refractivity contribution in [2.75, 3.05) is 23.8 Å². The third-order valence-electron chi connectivity index (χ3n) is 4.43. The van der Waals surface area contributed by atoms with Crippen LogP contribution >= 0.6 is 0 Å². The highest BCUT2D eigenvalue weighted by atomic mass is 16.5. The van der Waals surface area contributed by atoms with E-state index in [9.17, 15) is 24.0 Å². The molecule has 9 heteroatoms. The van der Waals surface area contributed by atoms with Crippen molar-refractivity contribution in [1.82, 2.24) is 0 Å². The van der Waals surface area contributed by atoms with Crippen LogP contribution in [0, 0.1) is 5.92 Å². The standard InChI is InChI=1S/C25H28N2O7/c1-16(2)14-34-25(32)18-7-9-20(10-8-18)26-22(29)11-12-24(31)33-15-23(30)27-21-6-4-5-19(13-21)17(3)28/h4-10,13,16H,11-12,14-15H2,1-3H3,(H,26,29)(H,27,30). The lowest BCUT2D eigenvalue weighted by molar-refractivity contribution is -0.147. The molecule has 0 aliphatic carbocycles. The Morgan fingerprint density at radius 3 is 2.12 bits per heavy atom. The Morgan fingerprint density at radius 2 is 1.47 bits per heavy atom. The average molecular weight is 469 g/mol. The van der Waals surface area contributed by atoms with Gasteiger partial charge in [-0.25, -0.2) is 4.79 Å². The molecule has 0 saturated carbocycles. The first kappa shape index (κ1) is 26.2. The average Bonchev–Trinajstić information content (AvgIpc) is 2.80. The lowest BCUT2D eigenvalue weighted by Crippen LogP contribution is -2.22. The lowest BCUT2D eigenvalue weighted by Gasteiger charge is -2.09. The predicted molar refractivity (Wildman–Crippen MR) is 125 cm³/mol. The summed E-state index contributed by atoms with van der Waals surface area (Å²) in [6.07, 6.45) is -0.349. The lowest BCUT2D eigenvalue weighted by atomic mass is 10.1. The van der Waals surface area contributed by atoms with Crippen molar-refractivity contribution in [3.8, 4) is 0 Å². The monoisotopic (exact) mass is 468 g/mol. The van der Waals surface area contributed by atoms with Crippen molar-refractivity contribution in [2.45, 2.75) is 33.6 Å². The van der Waals surface area contributed by atoms with E-state index in [0.717, 1.165) is 0 Å². The van der Waals surface area contributed by atoms with E-state index in [2.05, 4.69) is 10.6 Å². The fourth-order valence-corrected chi connectivity index (χ4v) is 2.69. The van der Waals surface area contributed by atoms with Gasteiger partial charge in [-0.3, -0.25) is 19.2 Å². The summed E-state index contributed by atoms with van der Waals surface area (Å²) in [6.45, 7) is 5.10. The molecule has 0 aliphatic rings. The van der Waals surface area contributed by atoms with Crippen LogP contribution in [0.25, 0.3) is 0 Å². The van der Waals surface area contributed by atoms with Crippen LogP contribution < -0.4 is 10.6 Å². The van der Waals surface area contributed by atoms with Gasteiger partial charge in [0.25, 0.3) is 5.91 Å². The molecule has 2 aromatic rings. The summed E-state index contributed by atoms with van der Waals surface area (Å²) in [5, 5.41) is 5.16. The number of hydrogen-bond donors (Lipinski definition) is 2. The van der Waals surface area contributed by atoms with Gasteiger partial charge in [0.15, 0.2) is 12.4 Å². The molecule has 2 rings (SSSR count). The number of carbonyl (C=O) groups is 5. The van der Waals surface area contributed by atoms with Gasteiger partial charge in [0, 0.05) is 23.4 Å². The van der Waals surface area contributed by atoms with E-state index in [1.165, 1.54) is 25.1 Å². The van der Waals surface area contributed by atoms with Crippen LogP contribution in [0.5, 0.6) is 0 Å². The molecule has 0 atom stereocenters. The maximum atomic E-state index is 12.1. The zero-order valence-electron chi connectivity index (χ0n) is 19.4. The fraction of sp³-hybridized carbons (Fsp3) is 0.320. The molecular weight excluding hydrogens is 440 g/mol. The quantitative estimate of drug-likeness (QED) is 0.381. The highest BCUT2D eigenvalue weighted by Crippen LogP contribution is 2.13. The van der Waals surface area contributed by atoms with Crippen molar-refractivity contribution < 1.29 is 33.4 Å². The van der Waals surface area contributed by atoms with Gasteiger partial charge >= 0.3 is 11.9 Å². The minimum atomic E-state index is -0.703. The first-order valence-electron chi connectivity index (χ1n) is 10.8. The molecule has 0 bridgehead atoms. The molecule has 0 radical (unpaired) electrons. The summed E-state index contributed by atoms with van der Waals surface area (Å²) >= 11 is 0. The number of benzene rings is 2. The number of amides is 2. The van der Waals surface area contributed by atoms with Gasteiger partial charge in [-0.15, -0.1) is 0 Å². The molecule has 0 aromatic heterocycles. The zero-order valence-corrected chi connectivity index (χ0v) is 19.4. The first-order chi connectivity index (χ1) is 16.1. The number of hydrogen-bond acceptors (Lipinski definition) is 7. The fourth-order valence-electron chi connectivity index (χ4n) is 2.69. The number of esters is 2. The SMILES string of the molecule is CC(=O)c1cccc(NC(=O)COC(=O)CCC(=O)Nc2ccc(C(=O)OCC(C)C)cc2)c1. The van der Waals surface area contributed by atoms with Gasteiger partial charge < -0.3 is 20.1 Å². The summed E-state index contributed by atoms with van der Waals surface area (Å²) in [4.78, 5) is 59.2. The minimum absolute atomic E-state index is 0.138. The van der Waals surface area contributed by atoms with Crippen molar-refractivity contribution in [2.24, 2.45) is 5.92 Å². The highest BCUT2D eigenvalue weighted by Gasteiger charge is 2.12. The summed E-state index contributed by atoms with van der Waals surface area (Å²) in [7, 11) is 0. The van der Waals surface area contributed by atoms with Gasteiger partial charge in [0.05, 0.1) is 18.6 Å². The highest BCUT2D eigenvalue weighted by molar-refractivity contribution is 5.98. The maximum absolute atomic E-state index is 12.1. The van der Waals surface area contributed by atoms with Crippen LogP contribution in [0.1, 0.15) is 54.3 Å². The molecule has 2 aromatic carbocycles. The Hall–Kier alpha value is -4.01. The van der Waals surface area contributed by atoms with Crippen LogP contribution in [-0.4, -0.2) is 42.7 Å². The second kappa shape index (κ2) is 12.9. The minimum Gasteiger partial charge on any atom is -0.462 e. The van der Waals surface area contributed by atoms with Crippen molar-refractivity contribution >= 4 is 40.9 Å². The number of ether oxygens (including phenoxy) is 2. The molecule has 34 heavy (non-hydrogen) atoms. The maximum Gasteiger partial charge on any atom is 0.338 e. The second-order valence-corrected chi connectivity index (χ2v) is 7.96. The summed E-state index contributed by atoms with van der Waals surface area (Å²) < 4.78 is 10.0. The van der Waals surface area contributed by atoms with Crippen LogP contribution in [0.2, 0.25) is 0 Å². The molecule has 0 spiro atoms. The summed E-state index contributed by atoms with van der Waals surface area (Å²) in [5.74, 6) is -2.03. The first-order valence-corrected chi connectivity index (χ1v) is 10.8. The molecule has 0 fully saturated rings. The Kier molecular flexibility index (Phi) is 9.94. The normalized spacial score (nSPS) is 10.4. The van der Waals surface area contributed by atoms with E-state index in [4.69, 9.17) is 9.47 Å². The molecule has 0 unspecified atom stereocenters. The van der Waals surface area contributed by atoms with Gasteiger partial charge in [0.2, 0.25) is 5.91 Å². The largest absolute Gasteiger partial charge is 0.462 e. The molecule has 0 aliphatic heterocycles.